The quantitative estimate of drug-likeness (QED) is 0.322. The molecule has 2 unspecified atom stereocenters. The lowest BCUT2D eigenvalue weighted by Crippen LogP contribution is -2.44. The van der Waals surface area contributed by atoms with E-state index in [4.69, 9.17) is 14.5 Å². The number of carbonyl (C=O) groups is 1. The first-order valence-corrected chi connectivity index (χ1v) is 15.7. The second-order valence-electron chi connectivity index (χ2n) is 10.7. The molecule has 0 fully saturated rings. The summed E-state index contributed by atoms with van der Waals surface area (Å²) in [7, 11) is -1.64. The van der Waals surface area contributed by atoms with E-state index in [0.29, 0.717) is 34.8 Å². The molecule has 0 amide bonds. The molecule has 3 aromatic rings. The number of benzene rings is 1. The van der Waals surface area contributed by atoms with Crippen LogP contribution in [0.25, 0.3) is 22.3 Å². The number of carbonyl (C=O) groups excluding carboxylic acids is 1. The molecule has 0 radical (unpaired) electrons. The molecular formula is C27H29N3O5Si. The lowest BCUT2D eigenvalue weighted by Gasteiger charge is -2.31. The highest BCUT2D eigenvalue weighted by Crippen LogP contribution is 2.40. The number of aliphatic hydroxyl groups is 1. The zero-order chi connectivity index (χ0) is 26.0. The number of aromatic nitrogens is 2. The van der Waals surface area contributed by atoms with E-state index in [1.165, 1.54) is 0 Å². The fourth-order valence-corrected chi connectivity index (χ4v) is 5.96. The van der Waals surface area contributed by atoms with Crippen molar-refractivity contribution >= 4 is 24.9 Å². The van der Waals surface area contributed by atoms with Gasteiger partial charge >= 0.3 is 5.97 Å². The number of ether oxygens (including phenoxy) is 2. The van der Waals surface area contributed by atoms with Crippen molar-refractivity contribution in [1.82, 2.24) is 9.55 Å². The van der Waals surface area contributed by atoms with Crippen LogP contribution in [0.3, 0.4) is 0 Å². The molecule has 186 valence electrons. The maximum atomic E-state index is 13.4. The number of para-hydroxylation sites is 1. The Hall–Kier alpha value is -3.48. The van der Waals surface area contributed by atoms with Crippen molar-refractivity contribution < 1.29 is 19.4 Å². The van der Waals surface area contributed by atoms with Crippen molar-refractivity contribution in [3.05, 3.63) is 57.4 Å². The maximum Gasteiger partial charge on any atom is 0.343 e. The molecule has 0 saturated carbocycles. The van der Waals surface area contributed by atoms with E-state index in [9.17, 15) is 20.0 Å². The van der Waals surface area contributed by atoms with Crippen LogP contribution >= 0.6 is 0 Å². The first-order chi connectivity index (χ1) is 17.0. The summed E-state index contributed by atoms with van der Waals surface area (Å²) in [4.78, 5) is 30.7. The van der Waals surface area contributed by atoms with Gasteiger partial charge in [-0.3, -0.25) is 4.79 Å². The van der Waals surface area contributed by atoms with Crippen LogP contribution < -0.4 is 10.3 Å². The van der Waals surface area contributed by atoms with Crippen LogP contribution in [0.5, 0.6) is 5.75 Å². The number of pyridine rings is 2. The van der Waals surface area contributed by atoms with Gasteiger partial charge in [0, 0.05) is 22.1 Å². The first-order valence-electron chi connectivity index (χ1n) is 12.2. The van der Waals surface area contributed by atoms with E-state index in [2.05, 4.69) is 32.6 Å². The number of hydrogen-bond donors (Lipinski definition) is 1. The van der Waals surface area contributed by atoms with E-state index >= 15 is 0 Å². The van der Waals surface area contributed by atoms with Crippen LogP contribution in [-0.2, 0) is 28.3 Å². The maximum absolute atomic E-state index is 13.4. The molecule has 0 bridgehead atoms. The highest BCUT2D eigenvalue weighted by molar-refractivity contribution is 6.77. The Bertz CT molecular complexity index is 1520. The lowest BCUT2D eigenvalue weighted by atomic mass is 9.86. The van der Waals surface area contributed by atoms with Gasteiger partial charge in [0.1, 0.15) is 23.9 Å². The summed E-state index contributed by atoms with van der Waals surface area (Å²) in [6.07, 6.45) is -0.521. The summed E-state index contributed by atoms with van der Waals surface area (Å²) in [6.45, 7) is 10.5. The average molecular weight is 504 g/mol. The van der Waals surface area contributed by atoms with Gasteiger partial charge in [-0.2, -0.15) is 5.26 Å². The molecule has 2 aliphatic rings. The first kappa shape index (κ1) is 24.2. The number of esters is 1. The third-order valence-corrected chi connectivity index (χ3v) is 10.7. The van der Waals surface area contributed by atoms with Crippen molar-refractivity contribution in [3.8, 4) is 23.2 Å². The van der Waals surface area contributed by atoms with Crippen LogP contribution in [0.1, 0.15) is 37.0 Å². The second-order valence-corrected chi connectivity index (χ2v) is 16.4. The summed E-state index contributed by atoms with van der Waals surface area (Å²) in [6, 6.07) is 11.6. The molecule has 0 aliphatic carbocycles. The zero-order valence-electron chi connectivity index (χ0n) is 21.1. The van der Waals surface area contributed by atoms with Gasteiger partial charge in [-0.1, -0.05) is 45.6 Å². The Morgan fingerprint density at radius 3 is 2.72 bits per heavy atom. The van der Waals surface area contributed by atoms with Gasteiger partial charge in [-0.15, -0.1) is 0 Å². The van der Waals surface area contributed by atoms with Gasteiger partial charge in [0.25, 0.3) is 5.56 Å². The highest BCUT2D eigenvalue weighted by Gasteiger charge is 2.45. The molecule has 5 rings (SSSR count). The van der Waals surface area contributed by atoms with Crippen LogP contribution in [0, 0.1) is 11.3 Å². The Balaban J connectivity index is 1.66. The van der Waals surface area contributed by atoms with Crippen molar-refractivity contribution in [2.75, 3.05) is 0 Å². The van der Waals surface area contributed by atoms with Crippen molar-refractivity contribution in [3.63, 3.8) is 0 Å². The Morgan fingerprint density at radius 2 is 2.06 bits per heavy atom. The van der Waals surface area contributed by atoms with Gasteiger partial charge in [0.05, 0.1) is 31.6 Å². The predicted octanol–water partition coefficient (Wildman–Crippen LogP) is 4.08. The number of cyclic esters (lactones) is 1. The fraction of sp³-hybridized carbons (Fsp3) is 0.407. The SMILES string of the molecule is CC[C@@]1(O)C(=O)OCc2c1cc1n(c2=O)Cc2cc3cccc(OC(C#N)C(C)[Si](C)(C)C)c3nc2-1. The minimum absolute atomic E-state index is 0.0859. The van der Waals surface area contributed by atoms with Gasteiger partial charge in [-0.05, 0) is 24.6 Å². The van der Waals surface area contributed by atoms with Crippen molar-refractivity contribution in [1.29, 1.82) is 5.26 Å². The van der Waals surface area contributed by atoms with Crippen LogP contribution in [0.15, 0.2) is 35.1 Å². The van der Waals surface area contributed by atoms with E-state index < -0.39 is 25.7 Å². The number of fused-ring (bicyclic) bond motifs is 5. The van der Waals surface area contributed by atoms with Gasteiger partial charge in [0.15, 0.2) is 11.7 Å². The van der Waals surface area contributed by atoms with Crippen LogP contribution in [0.4, 0.5) is 0 Å². The molecule has 1 N–H and O–H groups in total. The molecule has 4 heterocycles. The zero-order valence-corrected chi connectivity index (χ0v) is 22.1. The molecule has 2 aliphatic heterocycles. The third kappa shape index (κ3) is 3.55. The molecule has 0 saturated heterocycles. The molecule has 1 aromatic carbocycles. The normalized spacial score (nSPS) is 20.1. The average Bonchev–Trinajstić information content (AvgIpc) is 3.21. The summed E-state index contributed by atoms with van der Waals surface area (Å²) in [5.41, 5.74) is 1.11. The fourth-order valence-electron chi connectivity index (χ4n) is 4.91. The predicted molar refractivity (Wildman–Crippen MR) is 137 cm³/mol. The summed E-state index contributed by atoms with van der Waals surface area (Å²) < 4.78 is 13.0. The molecule has 2 aromatic heterocycles. The van der Waals surface area contributed by atoms with Gasteiger partial charge in [0.2, 0.25) is 0 Å². The minimum Gasteiger partial charge on any atom is -0.473 e. The molecule has 3 atom stereocenters. The van der Waals surface area contributed by atoms with E-state index in [1.54, 1.807) is 17.6 Å². The standard InChI is InChI=1S/C27H29N3O5Si/c1-6-27(33)19-11-20-23-17(13-30(20)25(31)18(19)14-34-26(27)32)10-16-8-7-9-21(24(16)29-23)35-22(12-28)15(2)36(3,4)5/h7-11,15,22,33H,6,13-14H2,1-5H3/t15?,22?,27-/m0/s1. The number of hydrogen-bond acceptors (Lipinski definition) is 7. The molecule has 9 heteroatoms. The minimum atomic E-state index is -1.87. The Labute approximate surface area is 210 Å². The molecular weight excluding hydrogens is 474 g/mol. The number of nitrogens with zero attached hydrogens (tertiary/aromatic N) is 3. The smallest absolute Gasteiger partial charge is 0.343 e. The number of nitriles is 1. The highest BCUT2D eigenvalue weighted by atomic mass is 28.3. The summed E-state index contributed by atoms with van der Waals surface area (Å²) in [5.74, 6) is -0.236. The van der Waals surface area contributed by atoms with E-state index in [0.717, 1.165) is 10.9 Å². The lowest BCUT2D eigenvalue weighted by molar-refractivity contribution is -0.172. The second kappa shape index (κ2) is 8.29. The van der Waals surface area contributed by atoms with E-state index in [1.807, 2.05) is 24.3 Å². The Morgan fingerprint density at radius 1 is 1.31 bits per heavy atom. The van der Waals surface area contributed by atoms with Gasteiger partial charge < -0.3 is 19.1 Å². The monoisotopic (exact) mass is 503 g/mol. The Kier molecular flexibility index (Phi) is 5.58. The largest absolute Gasteiger partial charge is 0.473 e. The van der Waals surface area contributed by atoms with Crippen LogP contribution in [0.2, 0.25) is 25.2 Å². The van der Waals surface area contributed by atoms with Crippen molar-refractivity contribution in [2.24, 2.45) is 0 Å². The molecule has 8 nitrogen and oxygen atoms in total. The van der Waals surface area contributed by atoms with Crippen molar-refractivity contribution in [2.45, 2.75) is 70.3 Å². The number of rotatable bonds is 5. The molecule has 0 spiro atoms. The third-order valence-electron chi connectivity index (χ3n) is 7.70. The van der Waals surface area contributed by atoms with Gasteiger partial charge in [-0.25, -0.2) is 9.78 Å². The topological polar surface area (TPSA) is 114 Å². The summed E-state index contributed by atoms with van der Waals surface area (Å²) in [5, 5.41) is 21.8. The van der Waals surface area contributed by atoms with Crippen LogP contribution in [-0.4, -0.2) is 34.8 Å². The summed E-state index contributed by atoms with van der Waals surface area (Å²) >= 11 is 0. The van der Waals surface area contributed by atoms with E-state index in [-0.39, 0.29) is 29.7 Å². The molecule has 36 heavy (non-hydrogen) atoms.